The molecule has 1 aliphatic carbocycles. The fourth-order valence-electron chi connectivity index (χ4n) is 3.67. The third-order valence-electron chi connectivity index (χ3n) is 5.25. The summed E-state index contributed by atoms with van der Waals surface area (Å²) in [5, 5.41) is 2.50. The van der Waals surface area contributed by atoms with Crippen LogP contribution < -0.4 is 4.72 Å². The number of aromatic nitrogens is 1. The third-order valence-corrected chi connectivity index (χ3v) is 6.10. The topological polar surface area (TPSA) is 24.9 Å². The van der Waals surface area contributed by atoms with E-state index >= 15 is 0 Å². The van der Waals surface area contributed by atoms with Crippen molar-refractivity contribution >= 4 is 28.4 Å². The van der Waals surface area contributed by atoms with E-state index in [4.69, 9.17) is 0 Å². The highest BCUT2D eigenvalue weighted by molar-refractivity contribution is 8.00. The zero-order valence-electron chi connectivity index (χ0n) is 14.9. The molecule has 0 amide bonds. The average Bonchev–Trinajstić information content (AvgIpc) is 3.54. The molecule has 0 radical (unpaired) electrons. The van der Waals surface area contributed by atoms with E-state index in [1.807, 2.05) is 30.6 Å². The van der Waals surface area contributed by atoms with Gasteiger partial charge in [0.05, 0.1) is 0 Å². The summed E-state index contributed by atoms with van der Waals surface area (Å²) in [6.07, 6.45) is 5.05. The SMILES string of the molecule is c1ccc(NSc2ccc([C@@H]3CC3c3ccc4cnccc4c3)cc2)cc1. The molecular formula is C24H20N2S. The minimum atomic E-state index is 0.642. The Morgan fingerprint density at radius 3 is 2.41 bits per heavy atom. The second kappa shape index (κ2) is 7.09. The molecule has 1 aliphatic rings. The van der Waals surface area contributed by atoms with Crippen LogP contribution in [0.15, 0.2) is 96.2 Å². The summed E-state index contributed by atoms with van der Waals surface area (Å²) in [5.74, 6) is 1.29. The molecule has 3 aromatic carbocycles. The van der Waals surface area contributed by atoms with Gasteiger partial charge in [-0.3, -0.25) is 4.98 Å². The van der Waals surface area contributed by atoms with Gasteiger partial charge < -0.3 is 4.72 Å². The van der Waals surface area contributed by atoms with E-state index < -0.39 is 0 Å². The Bertz CT molecular complexity index is 1060. The molecule has 1 saturated carbocycles. The van der Waals surface area contributed by atoms with Crippen molar-refractivity contribution in [3.63, 3.8) is 0 Å². The lowest BCUT2D eigenvalue weighted by molar-refractivity contribution is 1.03. The monoisotopic (exact) mass is 368 g/mol. The number of hydrogen-bond donors (Lipinski definition) is 1. The maximum Gasteiger partial charge on any atom is 0.0443 e. The van der Waals surface area contributed by atoms with E-state index in [0.29, 0.717) is 11.8 Å². The Morgan fingerprint density at radius 2 is 1.56 bits per heavy atom. The lowest BCUT2D eigenvalue weighted by Crippen LogP contribution is -1.88. The molecule has 0 spiro atoms. The molecule has 1 heterocycles. The first-order valence-corrected chi connectivity index (χ1v) is 10.1. The first-order valence-electron chi connectivity index (χ1n) is 9.28. The first kappa shape index (κ1) is 16.4. The predicted octanol–water partition coefficient (Wildman–Crippen LogP) is 6.63. The van der Waals surface area contributed by atoms with Gasteiger partial charge in [-0.15, -0.1) is 0 Å². The summed E-state index contributed by atoms with van der Waals surface area (Å²) in [6.45, 7) is 0. The first-order chi connectivity index (χ1) is 13.4. The summed E-state index contributed by atoms with van der Waals surface area (Å²) < 4.78 is 3.39. The number of nitrogens with one attached hydrogen (secondary N) is 1. The van der Waals surface area contributed by atoms with Gasteiger partial charge in [-0.05, 0) is 77.0 Å². The molecule has 5 rings (SSSR count). The molecule has 1 unspecified atom stereocenters. The Hall–Kier alpha value is -2.78. The molecular weight excluding hydrogens is 348 g/mol. The minimum Gasteiger partial charge on any atom is -0.326 e. The third kappa shape index (κ3) is 3.56. The van der Waals surface area contributed by atoms with Crippen LogP contribution in [0.4, 0.5) is 5.69 Å². The Morgan fingerprint density at radius 1 is 0.778 bits per heavy atom. The number of anilines is 1. The van der Waals surface area contributed by atoms with Crippen LogP contribution in [0.3, 0.4) is 0 Å². The Balaban J connectivity index is 1.26. The number of hydrogen-bond acceptors (Lipinski definition) is 3. The van der Waals surface area contributed by atoms with Crippen LogP contribution >= 0.6 is 11.9 Å². The molecule has 0 aliphatic heterocycles. The maximum absolute atomic E-state index is 4.20. The van der Waals surface area contributed by atoms with Crippen molar-refractivity contribution in [3.8, 4) is 0 Å². The quantitative estimate of drug-likeness (QED) is 0.400. The van der Waals surface area contributed by atoms with Crippen LogP contribution in [-0.4, -0.2) is 4.98 Å². The molecule has 1 fully saturated rings. The van der Waals surface area contributed by atoms with Gasteiger partial charge in [-0.2, -0.15) is 0 Å². The van der Waals surface area contributed by atoms with Crippen molar-refractivity contribution in [3.05, 3.63) is 102 Å². The number of para-hydroxylation sites is 1. The van der Waals surface area contributed by atoms with Crippen LogP contribution in [0.1, 0.15) is 29.4 Å². The van der Waals surface area contributed by atoms with Crippen molar-refractivity contribution in [1.29, 1.82) is 0 Å². The van der Waals surface area contributed by atoms with Gasteiger partial charge in [-0.25, -0.2) is 0 Å². The smallest absolute Gasteiger partial charge is 0.0443 e. The lowest BCUT2D eigenvalue weighted by Gasteiger charge is -2.07. The van der Waals surface area contributed by atoms with E-state index in [9.17, 15) is 0 Å². The molecule has 4 aromatic rings. The van der Waals surface area contributed by atoms with E-state index in [1.165, 1.54) is 33.2 Å². The van der Waals surface area contributed by atoms with Crippen molar-refractivity contribution < 1.29 is 0 Å². The molecule has 132 valence electrons. The highest BCUT2D eigenvalue weighted by atomic mass is 32.2. The number of fused-ring (bicyclic) bond motifs is 1. The molecule has 2 atom stereocenters. The number of pyridine rings is 1. The molecule has 1 N–H and O–H groups in total. The van der Waals surface area contributed by atoms with Gasteiger partial charge >= 0.3 is 0 Å². The molecule has 0 saturated heterocycles. The predicted molar refractivity (Wildman–Crippen MR) is 114 cm³/mol. The van der Waals surface area contributed by atoms with Crippen molar-refractivity contribution in [2.24, 2.45) is 0 Å². The van der Waals surface area contributed by atoms with Crippen LogP contribution in [0.2, 0.25) is 0 Å². The minimum absolute atomic E-state index is 0.642. The molecule has 3 heteroatoms. The van der Waals surface area contributed by atoms with Crippen molar-refractivity contribution in [1.82, 2.24) is 4.98 Å². The summed E-state index contributed by atoms with van der Waals surface area (Å²) in [5.41, 5.74) is 4.02. The Kier molecular flexibility index (Phi) is 4.30. The van der Waals surface area contributed by atoms with Crippen LogP contribution in [0.5, 0.6) is 0 Å². The summed E-state index contributed by atoms with van der Waals surface area (Å²) in [6, 6.07) is 28.2. The van der Waals surface area contributed by atoms with E-state index in [-0.39, 0.29) is 0 Å². The number of nitrogens with zero attached hydrogens (tertiary/aromatic N) is 1. The van der Waals surface area contributed by atoms with Gasteiger partial charge in [-0.1, -0.05) is 48.5 Å². The zero-order chi connectivity index (χ0) is 18.1. The van der Waals surface area contributed by atoms with Gasteiger partial charge in [0, 0.05) is 28.4 Å². The fraction of sp³-hybridized carbons (Fsp3) is 0.125. The normalized spacial score (nSPS) is 18.4. The maximum atomic E-state index is 4.20. The largest absolute Gasteiger partial charge is 0.326 e. The Labute approximate surface area is 163 Å². The zero-order valence-corrected chi connectivity index (χ0v) is 15.7. The highest BCUT2D eigenvalue weighted by Gasteiger charge is 2.39. The molecule has 0 bridgehead atoms. The van der Waals surface area contributed by atoms with Gasteiger partial charge in [0.25, 0.3) is 0 Å². The summed E-state index contributed by atoms with van der Waals surface area (Å²) >= 11 is 1.66. The van der Waals surface area contributed by atoms with Crippen LogP contribution in [0.25, 0.3) is 10.8 Å². The average molecular weight is 369 g/mol. The second-order valence-electron chi connectivity index (χ2n) is 7.07. The number of benzene rings is 3. The molecule has 2 nitrogen and oxygen atoms in total. The van der Waals surface area contributed by atoms with E-state index in [0.717, 1.165) is 5.69 Å². The van der Waals surface area contributed by atoms with Gasteiger partial charge in [0.2, 0.25) is 0 Å². The summed E-state index contributed by atoms with van der Waals surface area (Å²) in [4.78, 5) is 5.44. The van der Waals surface area contributed by atoms with Gasteiger partial charge in [0.15, 0.2) is 0 Å². The van der Waals surface area contributed by atoms with Crippen molar-refractivity contribution in [2.45, 2.75) is 23.2 Å². The van der Waals surface area contributed by atoms with Crippen molar-refractivity contribution in [2.75, 3.05) is 4.72 Å². The fourth-order valence-corrected chi connectivity index (χ4v) is 4.32. The lowest BCUT2D eigenvalue weighted by atomic mass is 10.0. The highest BCUT2D eigenvalue weighted by Crippen LogP contribution is 2.55. The van der Waals surface area contributed by atoms with E-state index in [1.54, 1.807) is 11.9 Å². The number of rotatable bonds is 5. The van der Waals surface area contributed by atoms with Crippen LogP contribution in [0, 0.1) is 0 Å². The molecule has 27 heavy (non-hydrogen) atoms. The van der Waals surface area contributed by atoms with Gasteiger partial charge in [0.1, 0.15) is 0 Å². The standard InChI is InChI=1S/C24H20N2S/c1-2-4-21(5-3-1)26-27-22-10-8-17(9-11-22)23-15-24(23)19-6-7-20-16-25-13-12-18(20)14-19/h1-14,16,23-24,26H,15H2/t23-,24?/m0/s1. The van der Waals surface area contributed by atoms with E-state index in [2.05, 4.69) is 70.4 Å². The summed E-state index contributed by atoms with van der Waals surface area (Å²) in [7, 11) is 0. The van der Waals surface area contributed by atoms with Crippen LogP contribution in [-0.2, 0) is 0 Å². The second-order valence-corrected chi connectivity index (χ2v) is 7.95. The molecule has 1 aromatic heterocycles.